The molecule has 0 saturated carbocycles. The summed E-state index contributed by atoms with van der Waals surface area (Å²) in [6, 6.07) is 7.81. The Morgan fingerprint density at radius 3 is 2.65 bits per heavy atom. The second-order valence-corrected chi connectivity index (χ2v) is 5.54. The lowest BCUT2D eigenvalue weighted by molar-refractivity contribution is -0.123. The van der Waals surface area contributed by atoms with Gasteiger partial charge in [0.2, 0.25) is 0 Å². The molecule has 0 unspecified atom stereocenters. The summed E-state index contributed by atoms with van der Waals surface area (Å²) in [6.45, 7) is 5.20. The smallest absolute Gasteiger partial charge is 0.254 e. The second-order valence-electron chi connectivity index (χ2n) is 4.63. The maximum Gasteiger partial charge on any atom is 0.254 e. The van der Waals surface area contributed by atoms with E-state index in [9.17, 15) is 4.79 Å². The number of nitrogens with zero attached hydrogens (tertiary/aromatic N) is 2. The van der Waals surface area contributed by atoms with Crippen molar-refractivity contribution in [3.05, 3.63) is 34.3 Å². The van der Waals surface area contributed by atoms with Crippen LogP contribution in [0.1, 0.15) is 12.5 Å². The molecule has 5 nitrogen and oxygen atoms in total. The highest BCUT2D eigenvalue weighted by Gasteiger charge is 2.13. The first-order chi connectivity index (χ1) is 9.65. The zero-order chi connectivity index (χ0) is 14.4. The van der Waals surface area contributed by atoms with Crippen molar-refractivity contribution < 1.29 is 9.53 Å². The molecule has 1 aliphatic rings. The SMILES string of the molecule is CC(=NNC(=O)CN1CCOCC1)c1ccc(Br)cc1. The lowest BCUT2D eigenvalue weighted by Crippen LogP contribution is -2.42. The van der Waals surface area contributed by atoms with Crippen LogP contribution < -0.4 is 5.43 Å². The fourth-order valence-electron chi connectivity index (χ4n) is 1.90. The first kappa shape index (κ1) is 15.2. The summed E-state index contributed by atoms with van der Waals surface area (Å²) in [5, 5.41) is 4.13. The highest BCUT2D eigenvalue weighted by Crippen LogP contribution is 2.11. The molecule has 0 aromatic heterocycles. The zero-order valence-corrected chi connectivity index (χ0v) is 13.0. The van der Waals surface area contributed by atoms with E-state index in [1.807, 2.05) is 31.2 Å². The van der Waals surface area contributed by atoms with Crippen LogP contribution >= 0.6 is 15.9 Å². The molecule has 1 heterocycles. The average Bonchev–Trinajstić information content (AvgIpc) is 2.46. The Balaban J connectivity index is 1.84. The molecular formula is C14H18BrN3O2. The minimum absolute atomic E-state index is 0.0941. The third-order valence-electron chi connectivity index (χ3n) is 3.08. The number of rotatable bonds is 4. The molecule has 1 fully saturated rings. The van der Waals surface area contributed by atoms with Crippen molar-refractivity contribution in [3.8, 4) is 0 Å². The minimum Gasteiger partial charge on any atom is -0.379 e. The molecule has 1 N–H and O–H groups in total. The fourth-order valence-corrected chi connectivity index (χ4v) is 2.16. The number of carbonyl (C=O) groups excluding carboxylic acids is 1. The van der Waals surface area contributed by atoms with Crippen molar-refractivity contribution in [2.24, 2.45) is 5.10 Å². The quantitative estimate of drug-likeness (QED) is 0.670. The Bertz CT molecular complexity index is 482. The largest absolute Gasteiger partial charge is 0.379 e. The molecule has 0 atom stereocenters. The molecule has 108 valence electrons. The van der Waals surface area contributed by atoms with Gasteiger partial charge in [0.15, 0.2) is 0 Å². The number of morpholine rings is 1. The van der Waals surface area contributed by atoms with Crippen LogP contribution in [-0.4, -0.2) is 49.4 Å². The van der Waals surface area contributed by atoms with Crippen LogP contribution in [0.25, 0.3) is 0 Å². The molecule has 1 aromatic carbocycles. The van der Waals surface area contributed by atoms with Gasteiger partial charge in [-0.25, -0.2) is 5.43 Å². The Labute approximate surface area is 127 Å². The van der Waals surface area contributed by atoms with E-state index in [-0.39, 0.29) is 5.91 Å². The summed E-state index contributed by atoms with van der Waals surface area (Å²) in [4.78, 5) is 13.9. The van der Waals surface area contributed by atoms with Gasteiger partial charge in [0.1, 0.15) is 0 Å². The summed E-state index contributed by atoms with van der Waals surface area (Å²) in [5.74, 6) is -0.0941. The van der Waals surface area contributed by atoms with Crippen LogP contribution in [0, 0.1) is 0 Å². The Morgan fingerprint density at radius 1 is 1.35 bits per heavy atom. The van der Waals surface area contributed by atoms with Crippen molar-refractivity contribution in [1.29, 1.82) is 0 Å². The molecular weight excluding hydrogens is 322 g/mol. The third-order valence-corrected chi connectivity index (χ3v) is 3.61. The lowest BCUT2D eigenvalue weighted by atomic mass is 10.1. The first-order valence-corrected chi connectivity index (χ1v) is 7.33. The molecule has 1 saturated heterocycles. The maximum atomic E-state index is 11.8. The van der Waals surface area contributed by atoms with E-state index >= 15 is 0 Å². The number of hydrazone groups is 1. The van der Waals surface area contributed by atoms with Gasteiger partial charge in [0, 0.05) is 17.6 Å². The highest BCUT2D eigenvalue weighted by molar-refractivity contribution is 9.10. The van der Waals surface area contributed by atoms with Crippen molar-refractivity contribution in [3.63, 3.8) is 0 Å². The standard InChI is InChI=1S/C14H18BrN3O2/c1-11(12-2-4-13(15)5-3-12)16-17-14(19)10-18-6-8-20-9-7-18/h2-5H,6-10H2,1H3,(H,17,19). The molecule has 1 aromatic rings. The van der Waals surface area contributed by atoms with E-state index in [1.165, 1.54) is 0 Å². The predicted molar refractivity (Wildman–Crippen MR) is 81.8 cm³/mol. The van der Waals surface area contributed by atoms with Gasteiger partial charge in [-0.1, -0.05) is 28.1 Å². The normalized spacial score (nSPS) is 17.0. The monoisotopic (exact) mass is 339 g/mol. The maximum absolute atomic E-state index is 11.8. The number of amides is 1. The van der Waals surface area contributed by atoms with E-state index in [0.29, 0.717) is 19.8 Å². The van der Waals surface area contributed by atoms with Crippen molar-refractivity contribution in [2.45, 2.75) is 6.92 Å². The highest BCUT2D eigenvalue weighted by atomic mass is 79.9. The predicted octanol–water partition coefficient (Wildman–Crippen LogP) is 1.62. The van der Waals surface area contributed by atoms with Gasteiger partial charge in [0.05, 0.1) is 25.5 Å². The van der Waals surface area contributed by atoms with E-state index in [2.05, 4.69) is 31.4 Å². The van der Waals surface area contributed by atoms with Gasteiger partial charge >= 0.3 is 0 Å². The van der Waals surface area contributed by atoms with Gasteiger partial charge in [-0.15, -0.1) is 0 Å². The van der Waals surface area contributed by atoms with Crippen LogP contribution in [0.2, 0.25) is 0 Å². The number of benzene rings is 1. The van der Waals surface area contributed by atoms with Gasteiger partial charge in [0.25, 0.3) is 5.91 Å². The van der Waals surface area contributed by atoms with Crippen molar-refractivity contribution >= 4 is 27.5 Å². The number of nitrogens with one attached hydrogen (secondary N) is 1. The number of ether oxygens (including phenoxy) is 1. The molecule has 1 aliphatic heterocycles. The molecule has 2 rings (SSSR count). The van der Waals surface area contributed by atoms with Crippen LogP contribution in [-0.2, 0) is 9.53 Å². The third kappa shape index (κ3) is 4.70. The molecule has 6 heteroatoms. The van der Waals surface area contributed by atoms with E-state index in [4.69, 9.17) is 4.74 Å². The van der Waals surface area contributed by atoms with E-state index < -0.39 is 0 Å². The molecule has 0 bridgehead atoms. The van der Waals surface area contributed by atoms with Crippen molar-refractivity contribution in [1.82, 2.24) is 10.3 Å². The van der Waals surface area contributed by atoms with Crippen LogP contribution in [0.4, 0.5) is 0 Å². The average molecular weight is 340 g/mol. The number of hydrogen-bond donors (Lipinski definition) is 1. The summed E-state index contributed by atoms with van der Waals surface area (Å²) in [6.07, 6.45) is 0. The van der Waals surface area contributed by atoms with Gasteiger partial charge in [-0.2, -0.15) is 5.10 Å². The summed E-state index contributed by atoms with van der Waals surface area (Å²) in [5.41, 5.74) is 4.37. The van der Waals surface area contributed by atoms with Crippen LogP contribution in [0.5, 0.6) is 0 Å². The molecule has 0 spiro atoms. The van der Waals surface area contributed by atoms with E-state index in [0.717, 1.165) is 28.8 Å². The van der Waals surface area contributed by atoms with Gasteiger partial charge in [-0.05, 0) is 24.6 Å². The Morgan fingerprint density at radius 2 is 2.00 bits per heavy atom. The molecule has 20 heavy (non-hydrogen) atoms. The lowest BCUT2D eigenvalue weighted by Gasteiger charge is -2.25. The van der Waals surface area contributed by atoms with Gasteiger partial charge in [-0.3, -0.25) is 9.69 Å². The number of carbonyl (C=O) groups is 1. The molecule has 0 aliphatic carbocycles. The zero-order valence-electron chi connectivity index (χ0n) is 11.4. The Kier molecular flexibility index (Phi) is 5.70. The molecule has 0 radical (unpaired) electrons. The fraction of sp³-hybridized carbons (Fsp3) is 0.429. The summed E-state index contributed by atoms with van der Waals surface area (Å²) >= 11 is 3.39. The number of hydrogen-bond acceptors (Lipinski definition) is 4. The van der Waals surface area contributed by atoms with E-state index in [1.54, 1.807) is 0 Å². The molecule has 1 amide bonds. The number of halogens is 1. The van der Waals surface area contributed by atoms with Crippen LogP contribution in [0.15, 0.2) is 33.8 Å². The first-order valence-electron chi connectivity index (χ1n) is 6.54. The summed E-state index contributed by atoms with van der Waals surface area (Å²) in [7, 11) is 0. The van der Waals surface area contributed by atoms with Crippen LogP contribution in [0.3, 0.4) is 0 Å². The topological polar surface area (TPSA) is 53.9 Å². The Hall–Kier alpha value is -1.24. The summed E-state index contributed by atoms with van der Waals surface area (Å²) < 4.78 is 6.26. The van der Waals surface area contributed by atoms with Crippen molar-refractivity contribution in [2.75, 3.05) is 32.8 Å². The minimum atomic E-state index is -0.0941. The van der Waals surface area contributed by atoms with Gasteiger partial charge < -0.3 is 4.74 Å². The second kappa shape index (κ2) is 7.52.